The lowest BCUT2D eigenvalue weighted by Gasteiger charge is -2.27. The van der Waals surface area contributed by atoms with Crippen LogP contribution in [0.25, 0.3) is 0 Å². The van der Waals surface area contributed by atoms with Gasteiger partial charge in [-0.15, -0.1) is 11.8 Å². The van der Waals surface area contributed by atoms with Crippen molar-refractivity contribution in [2.45, 2.75) is 75.4 Å². The molecule has 1 aromatic carbocycles. The normalized spacial score (nSPS) is 25.0. The van der Waals surface area contributed by atoms with E-state index in [4.69, 9.17) is 4.74 Å². The molecule has 0 spiro atoms. The molecule has 3 heteroatoms. The number of hydrogen-bond acceptors (Lipinski definition) is 3. The van der Waals surface area contributed by atoms with Crippen LogP contribution in [0.15, 0.2) is 29.2 Å². The van der Waals surface area contributed by atoms with E-state index in [0.717, 1.165) is 13.0 Å². The first-order chi connectivity index (χ1) is 9.73. The van der Waals surface area contributed by atoms with Crippen molar-refractivity contribution in [2.24, 2.45) is 0 Å². The van der Waals surface area contributed by atoms with Gasteiger partial charge in [-0.3, -0.25) is 0 Å². The molecule has 0 aromatic heterocycles. The van der Waals surface area contributed by atoms with Gasteiger partial charge < -0.3 is 10.1 Å². The summed E-state index contributed by atoms with van der Waals surface area (Å²) in [6, 6.07) is 9.31. The fourth-order valence-electron chi connectivity index (χ4n) is 3.14. The second-order valence-corrected chi connectivity index (χ2v) is 8.40. The molecule has 2 nitrogen and oxygen atoms in total. The number of thioether (sulfide) groups is 1. The van der Waals surface area contributed by atoms with Crippen molar-refractivity contribution in [3.05, 3.63) is 29.8 Å². The molecule has 1 aliphatic heterocycles. The Morgan fingerprint density at radius 3 is 2.62 bits per heavy atom. The van der Waals surface area contributed by atoms with Crippen LogP contribution in [0.4, 0.5) is 0 Å². The van der Waals surface area contributed by atoms with Crippen molar-refractivity contribution >= 4 is 11.8 Å². The maximum atomic E-state index is 6.20. The minimum absolute atomic E-state index is 0.0180. The molecule has 2 unspecified atom stereocenters. The molecular weight excluding hydrogens is 278 g/mol. The van der Waals surface area contributed by atoms with Crippen molar-refractivity contribution in [3.63, 3.8) is 0 Å². The van der Waals surface area contributed by atoms with E-state index in [1.54, 1.807) is 0 Å². The molecule has 0 saturated carbocycles. The summed E-state index contributed by atoms with van der Waals surface area (Å²) >= 11 is 1.96. The molecule has 0 amide bonds. The number of hydrogen-bond donors (Lipinski definition) is 1. The Kier molecular flexibility index (Phi) is 5.07. The largest absolute Gasteiger partial charge is 0.368 e. The Morgan fingerprint density at radius 2 is 2.05 bits per heavy atom. The minimum Gasteiger partial charge on any atom is -0.368 e. The van der Waals surface area contributed by atoms with E-state index in [1.165, 1.54) is 10.5 Å². The van der Waals surface area contributed by atoms with Crippen LogP contribution < -0.4 is 5.32 Å². The lowest BCUT2D eigenvalue weighted by Crippen LogP contribution is -2.30. The fourth-order valence-corrected chi connectivity index (χ4v) is 4.65. The van der Waals surface area contributed by atoms with E-state index < -0.39 is 0 Å². The van der Waals surface area contributed by atoms with Crippen LogP contribution in [-0.2, 0) is 4.74 Å². The van der Waals surface area contributed by atoms with Crippen molar-refractivity contribution in [3.8, 4) is 0 Å². The Morgan fingerprint density at radius 1 is 1.33 bits per heavy atom. The second-order valence-electron chi connectivity index (χ2n) is 7.13. The highest BCUT2D eigenvalue weighted by molar-refractivity contribution is 8.00. The van der Waals surface area contributed by atoms with Crippen LogP contribution >= 0.6 is 11.8 Å². The van der Waals surface area contributed by atoms with Crippen LogP contribution in [-0.4, -0.2) is 23.0 Å². The molecular formula is C18H29NOS. The molecule has 2 atom stereocenters. The van der Waals surface area contributed by atoms with E-state index in [1.807, 2.05) is 11.8 Å². The molecule has 0 aliphatic carbocycles. The maximum Gasteiger partial charge on any atom is 0.0756 e. The smallest absolute Gasteiger partial charge is 0.0756 e. The number of ether oxygens (including phenoxy) is 1. The third-order valence-electron chi connectivity index (χ3n) is 4.14. The Balaban J connectivity index is 2.11. The average Bonchev–Trinajstić information content (AvgIpc) is 2.57. The summed E-state index contributed by atoms with van der Waals surface area (Å²) < 4.78 is 6.20. The molecule has 1 aromatic rings. The zero-order chi connectivity index (χ0) is 15.7. The van der Waals surface area contributed by atoms with E-state index >= 15 is 0 Å². The zero-order valence-corrected chi connectivity index (χ0v) is 15.0. The number of nitrogens with one attached hydrogen (secondary N) is 1. The lowest BCUT2D eigenvalue weighted by molar-refractivity contribution is -0.0631. The first-order valence-electron chi connectivity index (χ1n) is 7.94. The van der Waals surface area contributed by atoms with Gasteiger partial charge >= 0.3 is 0 Å². The average molecular weight is 308 g/mol. The van der Waals surface area contributed by atoms with Crippen molar-refractivity contribution in [1.82, 2.24) is 5.32 Å². The highest BCUT2D eigenvalue weighted by atomic mass is 32.2. The summed E-state index contributed by atoms with van der Waals surface area (Å²) in [6.07, 6.45) is 1.09. The Bertz CT molecular complexity index is 484. The van der Waals surface area contributed by atoms with Gasteiger partial charge in [-0.25, -0.2) is 0 Å². The van der Waals surface area contributed by atoms with E-state index in [9.17, 15) is 0 Å². The Labute approximate surface area is 134 Å². The fraction of sp³-hybridized carbons (Fsp3) is 0.667. The van der Waals surface area contributed by atoms with Crippen molar-refractivity contribution in [1.29, 1.82) is 0 Å². The van der Waals surface area contributed by atoms with Gasteiger partial charge in [0, 0.05) is 16.2 Å². The van der Waals surface area contributed by atoms with Crippen LogP contribution in [0.2, 0.25) is 0 Å². The standard InChI is InChI=1S/C18H29NOS/c1-7-19-13(2)14-9-8-10-15(11-14)21-16-12-17(3,4)20-18(16,5)6/h8-11,13,16,19H,7,12H2,1-6H3. The van der Waals surface area contributed by atoms with Gasteiger partial charge in [-0.05, 0) is 65.3 Å². The zero-order valence-electron chi connectivity index (χ0n) is 14.2. The molecule has 1 aliphatic rings. The van der Waals surface area contributed by atoms with Crippen LogP contribution in [0.1, 0.15) is 59.6 Å². The molecule has 1 N–H and O–H groups in total. The van der Waals surface area contributed by atoms with E-state index in [2.05, 4.69) is 71.1 Å². The third-order valence-corrected chi connectivity index (χ3v) is 5.68. The van der Waals surface area contributed by atoms with E-state index in [0.29, 0.717) is 11.3 Å². The van der Waals surface area contributed by atoms with Gasteiger partial charge in [0.15, 0.2) is 0 Å². The molecule has 0 bridgehead atoms. The van der Waals surface area contributed by atoms with E-state index in [-0.39, 0.29) is 11.2 Å². The Hall–Kier alpha value is -0.510. The van der Waals surface area contributed by atoms with Crippen molar-refractivity contribution < 1.29 is 4.74 Å². The van der Waals surface area contributed by atoms with Crippen LogP contribution in [0.5, 0.6) is 0 Å². The summed E-state index contributed by atoms with van der Waals surface area (Å²) in [7, 11) is 0. The van der Waals surface area contributed by atoms with Gasteiger partial charge in [0.2, 0.25) is 0 Å². The molecule has 2 rings (SSSR count). The molecule has 0 radical (unpaired) electrons. The molecule has 1 fully saturated rings. The summed E-state index contributed by atoms with van der Waals surface area (Å²) in [6.45, 7) is 14.2. The predicted molar refractivity (Wildman–Crippen MR) is 92.0 cm³/mol. The molecule has 21 heavy (non-hydrogen) atoms. The summed E-state index contributed by atoms with van der Waals surface area (Å²) in [5.41, 5.74) is 1.27. The topological polar surface area (TPSA) is 21.3 Å². The monoisotopic (exact) mass is 307 g/mol. The van der Waals surface area contributed by atoms with Crippen LogP contribution in [0.3, 0.4) is 0 Å². The first-order valence-corrected chi connectivity index (χ1v) is 8.81. The summed E-state index contributed by atoms with van der Waals surface area (Å²) in [5, 5.41) is 3.98. The van der Waals surface area contributed by atoms with Crippen molar-refractivity contribution in [2.75, 3.05) is 6.54 Å². The van der Waals surface area contributed by atoms with Gasteiger partial charge in [-0.2, -0.15) is 0 Å². The highest BCUT2D eigenvalue weighted by Gasteiger charge is 2.46. The number of benzene rings is 1. The highest BCUT2D eigenvalue weighted by Crippen LogP contribution is 2.46. The van der Waals surface area contributed by atoms with Gasteiger partial charge in [0.1, 0.15) is 0 Å². The second kappa shape index (κ2) is 6.31. The van der Waals surface area contributed by atoms with Gasteiger partial charge in [0.05, 0.1) is 11.2 Å². The number of rotatable bonds is 5. The minimum atomic E-state index is -0.0720. The first kappa shape index (κ1) is 16.9. The summed E-state index contributed by atoms with van der Waals surface area (Å²) in [4.78, 5) is 1.34. The molecule has 1 saturated heterocycles. The van der Waals surface area contributed by atoms with Gasteiger partial charge in [0.25, 0.3) is 0 Å². The molecule has 1 heterocycles. The summed E-state index contributed by atoms with van der Waals surface area (Å²) in [5.74, 6) is 0. The quantitative estimate of drug-likeness (QED) is 0.844. The van der Waals surface area contributed by atoms with Gasteiger partial charge in [-0.1, -0.05) is 19.1 Å². The lowest BCUT2D eigenvalue weighted by atomic mass is 10.0. The third kappa shape index (κ3) is 4.24. The molecule has 118 valence electrons. The predicted octanol–water partition coefficient (Wildman–Crippen LogP) is 4.80. The SMILES string of the molecule is CCNC(C)c1cccc(SC2CC(C)(C)OC2(C)C)c1. The maximum absolute atomic E-state index is 6.20. The van der Waals surface area contributed by atoms with Crippen LogP contribution in [0, 0.1) is 0 Å².